The Labute approximate surface area is 123 Å². The molecule has 0 unspecified atom stereocenters. The third-order valence-electron chi connectivity index (χ3n) is 3.27. The van der Waals surface area contributed by atoms with Gasteiger partial charge in [-0.25, -0.2) is 4.39 Å². The predicted molar refractivity (Wildman–Crippen MR) is 82.7 cm³/mol. The lowest BCUT2D eigenvalue weighted by atomic mass is 10.1. The molecule has 0 saturated heterocycles. The second kappa shape index (κ2) is 6.37. The molecule has 0 aliphatic heterocycles. The van der Waals surface area contributed by atoms with Crippen LogP contribution in [0.25, 0.3) is 0 Å². The Bertz CT molecular complexity index is 658. The summed E-state index contributed by atoms with van der Waals surface area (Å²) >= 11 is 0. The molecule has 2 aromatic rings. The van der Waals surface area contributed by atoms with Crippen LogP contribution in [-0.2, 0) is 0 Å². The summed E-state index contributed by atoms with van der Waals surface area (Å²) < 4.78 is 13.9. The Morgan fingerprint density at radius 3 is 2.62 bits per heavy atom. The summed E-state index contributed by atoms with van der Waals surface area (Å²) in [5, 5.41) is 0. The van der Waals surface area contributed by atoms with Crippen LogP contribution in [0.4, 0.5) is 15.8 Å². The number of hydrogen-bond donors (Lipinski definition) is 2. The van der Waals surface area contributed by atoms with Gasteiger partial charge in [0.25, 0.3) is 5.91 Å². The zero-order valence-corrected chi connectivity index (χ0v) is 12.1. The number of aryl methyl sites for hydroxylation is 1. The maximum atomic E-state index is 13.9. The Kier molecular flexibility index (Phi) is 4.55. The Hall–Kier alpha value is -2.40. The van der Waals surface area contributed by atoms with E-state index >= 15 is 0 Å². The Balaban J connectivity index is 2.46. The summed E-state index contributed by atoms with van der Waals surface area (Å²) in [6, 6.07) is 11.5. The van der Waals surface area contributed by atoms with Gasteiger partial charge in [-0.1, -0.05) is 23.8 Å². The van der Waals surface area contributed by atoms with Gasteiger partial charge in [0.15, 0.2) is 0 Å². The lowest BCUT2D eigenvalue weighted by Crippen LogP contribution is -2.32. The molecule has 21 heavy (non-hydrogen) atoms. The van der Waals surface area contributed by atoms with Crippen molar-refractivity contribution < 1.29 is 9.18 Å². The number of nitrogens with two attached hydrogens (primary N) is 1. The van der Waals surface area contributed by atoms with Crippen LogP contribution in [-0.4, -0.2) is 12.5 Å². The minimum Gasteiger partial charge on any atom is -0.323 e. The molecule has 2 aromatic carbocycles. The molecule has 0 fully saturated rings. The summed E-state index contributed by atoms with van der Waals surface area (Å²) in [6.45, 7) is 4.05. The van der Waals surface area contributed by atoms with Crippen molar-refractivity contribution >= 4 is 17.3 Å². The fourth-order valence-electron chi connectivity index (χ4n) is 2.20. The van der Waals surface area contributed by atoms with Crippen molar-refractivity contribution in [1.82, 2.24) is 0 Å². The number of carbonyl (C=O) groups is 1. The van der Waals surface area contributed by atoms with Gasteiger partial charge in [0, 0.05) is 6.54 Å². The van der Waals surface area contributed by atoms with Gasteiger partial charge in [-0.2, -0.15) is 0 Å². The minimum atomic E-state index is -0.428. The molecule has 0 atom stereocenters. The number of nitrogens with zero attached hydrogens (tertiary/aromatic N) is 1. The van der Waals surface area contributed by atoms with Gasteiger partial charge < -0.3 is 10.3 Å². The minimum absolute atomic E-state index is 0.259. The first-order valence-corrected chi connectivity index (χ1v) is 6.72. The summed E-state index contributed by atoms with van der Waals surface area (Å²) in [7, 11) is 0. The van der Waals surface area contributed by atoms with Gasteiger partial charge in [0.05, 0.1) is 16.9 Å². The Morgan fingerprint density at radius 2 is 2.00 bits per heavy atom. The van der Waals surface area contributed by atoms with Crippen LogP contribution >= 0.6 is 0 Å². The first-order chi connectivity index (χ1) is 10.1. The smallest absolute Gasteiger partial charge is 0.260 e. The molecule has 0 aliphatic rings. The van der Waals surface area contributed by atoms with Crippen LogP contribution in [0.2, 0.25) is 0 Å². The average Bonchev–Trinajstić information content (AvgIpc) is 2.49. The van der Waals surface area contributed by atoms with Crippen LogP contribution in [0.3, 0.4) is 0 Å². The third kappa shape index (κ3) is 3.03. The molecular weight excluding hydrogens is 269 g/mol. The lowest BCUT2D eigenvalue weighted by molar-refractivity contribution is 0.0988. The third-order valence-corrected chi connectivity index (χ3v) is 3.27. The molecule has 0 heterocycles. The maximum absolute atomic E-state index is 13.9. The SMILES string of the molecule is CCN(C(=O)c1cc(C)ccc1NN)c1ccccc1F. The average molecular weight is 287 g/mol. The van der Waals surface area contributed by atoms with E-state index in [1.165, 1.54) is 11.0 Å². The second-order valence-corrected chi connectivity index (χ2v) is 4.69. The van der Waals surface area contributed by atoms with Crippen molar-refractivity contribution in [2.75, 3.05) is 16.9 Å². The molecule has 0 radical (unpaired) electrons. The van der Waals surface area contributed by atoms with E-state index in [4.69, 9.17) is 5.84 Å². The number of rotatable bonds is 4. The number of hydrazine groups is 1. The number of carbonyl (C=O) groups excluding carboxylic acids is 1. The molecule has 0 aromatic heterocycles. The molecule has 0 saturated carbocycles. The molecule has 2 rings (SSSR count). The summed E-state index contributed by atoms with van der Waals surface area (Å²) in [6.07, 6.45) is 0. The zero-order valence-electron chi connectivity index (χ0n) is 12.1. The number of nitrogen functional groups attached to an aromatic ring is 1. The van der Waals surface area contributed by atoms with Crippen molar-refractivity contribution in [1.29, 1.82) is 0 Å². The molecule has 110 valence electrons. The maximum Gasteiger partial charge on any atom is 0.260 e. The van der Waals surface area contributed by atoms with E-state index < -0.39 is 5.82 Å². The van der Waals surface area contributed by atoms with E-state index in [1.807, 2.05) is 13.0 Å². The molecule has 0 spiro atoms. The molecular formula is C16H18FN3O. The Morgan fingerprint density at radius 1 is 1.29 bits per heavy atom. The van der Waals surface area contributed by atoms with Crippen LogP contribution in [0.5, 0.6) is 0 Å². The first-order valence-electron chi connectivity index (χ1n) is 6.72. The molecule has 5 heteroatoms. The fraction of sp³-hybridized carbons (Fsp3) is 0.188. The van der Waals surface area contributed by atoms with Crippen LogP contribution in [0.15, 0.2) is 42.5 Å². The molecule has 0 aliphatic carbocycles. The van der Waals surface area contributed by atoms with Gasteiger partial charge in [0.2, 0.25) is 0 Å². The molecule has 3 N–H and O–H groups in total. The second-order valence-electron chi connectivity index (χ2n) is 4.69. The van der Waals surface area contributed by atoms with E-state index in [9.17, 15) is 9.18 Å². The van der Waals surface area contributed by atoms with E-state index in [0.717, 1.165) is 5.56 Å². The summed E-state index contributed by atoms with van der Waals surface area (Å²) in [5.41, 5.74) is 4.63. The van der Waals surface area contributed by atoms with Crippen molar-refractivity contribution in [2.45, 2.75) is 13.8 Å². The first kappa shape index (κ1) is 15.0. The highest BCUT2D eigenvalue weighted by Crippen LogP contribution is 2.24. The summed E-state index contributed by atoms with van der Waals surface area (Å²) in [4.78, 5) is 14.1. The van der Waals surface area contributed by atoms with E-state index in [2.05, 4.69) is 5.43 Å². The van der Waals surface area contributed by atoms with E-state index in [1.54, 1.807) is 37.3 Å². The van der Waals surface area contributed by atoms with Gasteiger partial charge in [-0.05, 0) is 38.1 Å². The van der Waals surface area contributed by atoms with Gasteiger partial charge in [0.1, 0.15) is 5.82 Å². The van der Waals surface area contributed by atoms with Crippen LogP contribution in [0.1, 0.15) is 22.8 Å². The normalized spacial score (nSPS) is 10.3. The van der Waals surface area contributed by atoms with Crippen molar-refractivity contribution in [3.05, 3.63) is 59.4 Å². The van der Waals surface area contributed by atoms with E-state index in [-0.39, 0.29) is 11.6 Å². The monoisotopic (exact) mass is 287 g/mol. The molecule has 4 nitrogen and oxygen atoms in total. The molecule has 1 amide bonds. The topological polar surface area (TPSA) is 58.4 Å². The van der Waals surface area contributed by atoms with Crippen LogP contribution < -0.4 is 16.2 Å². The number of hydrogen-bond acceptors (Lipinski definition) is 3. The van der Waals surface area contributed by atoms with E-state index in [0.29, 0.717) is 17.8 Å². The zero-order chi connectivity index (χ0) is 15.4. The van der Waals surface area contributed by atoms with Crippen molar-refractivity contribution in [3.63, 3.8) is 0 Å². The number of benzene rings is 2. The van der Waals surface area contributed by atoms with Gasteiger partial charge in [-0.15, -0.1) is 0 Å². The van der Waals surface area contributed by atoms with Crippen molar-refractivity contribution in [2.24, 2.45) is 5.84 Å². The number of para-hydroxylation sites is 1. The quantitative estimate of drug-likeness (QED) is 0.671. The standard InChI is InChI=1S/C16H18FN3O/c1-3-20(15-7-5-4-6-13(15)17)16(21)12-10-11(2)8-9-14(12)19-18/h4-10,19H,3,18H2,1-2H3. The number of anilines is 2. The summed E-state index contributed by atoms with van der Waals surface area (Å²) in [5.74, 6) is 4.73. The highest BCUT2D eigenvalue weighted by molar-refractivity contribution is 6.09. The molecule has 0 bridgehead atoms. The number of halogens is 1. The van der Waals surface area contributed by atoms with Crippen LogP contribution in [0, 0.1) is 12.7 Å². The number of nitrogens with one attached hydrogen (secondary N) is 1. The largest absolute Gasteiger partial charge is 0.323 e. The lowest BCUT2D eigenvalue weighted by Gasteiger charge is -2.23. The highest BCUT2D eigenvalue weighted by atomic mass is 19.1. The van der Waals surface area contributed by atoms with Gasteiger partial charge >= 0.3 is 0 Å². The fourth-order valence-corrected chi connectivity index (χ4v) is 2.20. The highest BCUT2D eigenvalue weighted by Gasteiger charge is 2.21. The number of amides is 1. The van der Waals surface area contributed by atoms with Gasteiger partial charge in [-0.3, -0.25) is 10.6 Å². The predicted octanol–water partition coefficient (Wildman–Crippen LogP) is 3.09. The van der Waals surface area contributed by atoms with Crippen molar-refractivity contribution in [3.8, 4) is 0 Å².